The number of amides is 1. The Labute approximate surface area is 172 Å². The molecule has 0 saturated carbocycles. The van der Waals surface area contributed by atoms with E-state index in [1.165, 1.54) is 0 Å². The molecule has 1 saturated heterocycles. The Morgan fingerprint density at radius 1 is 1.14 bits per heavy atom. The first-order chi connectivity index (χ1) is 14.1. The number of nitrogens with zero attached hydrogens (tertiary/aromatic N) is 1. The minimum Gasteiger partial charge on any atom is -0.492 e. The number of hydrogen-bond acceptors (Lipinski definition) is 5. The molecule has 0 aromatic heterocycles. The average molecular weight is 399 g/mol. The lowest BCUT2D eigenvalue weighted by atomic mass is 10.1. The highest BCUT2D eigenvalue weighted by atomic mass is 16.5. The van der Waals surface area contributed by atoms with Gasteiger partial charge in [-0.15, -0.1) is 0 Å². The number of likely N-dealkylation sites (N-methyl/N-ethyl adjacent to an activating group) is 1. The maximum Gasteiger partial charge on any atom is 0.255 e. The van der Waals surface area contributed by atoms with E-state index >= 15 is 0 Å². The molecule has 6 heteroatoms. The van der Waals surface area contributed by atoms with E-state index in [1.54, 1.807) is 6.07 Å². The van der Waals surface area contributed by atoms with Crippen LogP contribution in [0.25, 0.3) is 0 Å². The van der Waals surface area contributed by atoms with Gasteiger partial charge in [0.15, 0.2) is 0 Å². The van der Waals surface area contributed by atoms with Crippen molar-refractivity contribution in [1.29, 1.82) is 0 Å². The molecule has 2 aromatic rings. The topological polar surface area (TPSA) is 60.0 Å². The monoisotopic (exact) mass is 398 g/mol. The lowest BCUT2D eigenvalue weighted by molar-refractivity contribution is 0.0670. The van der Waals surface area contributed by atoms with Gasteiger partial charge >= 0.3 is 0 Å². The van der Waals surface area contributed by atoms with Crippen molar-refractivity contribution in [2.75, 3.05) is 40.5 Å². The summed E-state index contributed by atoms with van der Waals surface area (Å²) in [6, 6.07) is 15.1. The fraction of sp³-hybridized carbons (Fsp3) is 0.435. The van der Waals surface area contributed by atoms with Gasteiger partial charge in [-0.1, -0.05) is 24.3 Å². The van der Waals surface area contributed by atoms with Crippen LogP contribution in [-0.2, 0) is 11.3 Å². The van der Waals surface area contributed by atoms with Crippen molar-refractivity contribution in [3.63, 3.8) is 0 Å². The van der Waals surface area contributed by atoms with Gasteiger partial charge in [-0.3, -0.25) is 4.79 Å². The van der Waals surface area contributed by atoms with E-state index in [0.29, 0.717) is 31.1 Å². The highest BCUT2D eigenvalue weighted by Crippen LogP contribution is 2.20. The van der Waals surface area contributed by atoms with Crippen molar-refractivity contribution >= 4 is 5.91 Å². The van der Waals surface area contributed by atoms with Gasteiger partial charge in [0.2, 0.25) is 0 Å². The molecular formula is C23H30N2O4. The molecule has 6 nitrogen and oxygen atoms in total. The molecule has 156 valence electrons. The maximum absolute atomic E-state index is 12.7. The number of benzene rings is 2. The maximum atomic E-state index is 12.7. The molecule has 1 aliphatic heterocycles. The second-order valence-corrected chi connectivity index (χ2v) is 7.42. The van der Waals surface area contributed by atoms with E-state index in [2.05, 4.69) is 10.2 Å². The van der Waals surface area contributed by atoms with E-state index < -0.39 is 0 Å². The molecule has 1 aliphatic rings. The van der Waals surface area contributed by atoms with Gasteiger partial charge in [-0.05, 0) is 56.8 Å². The summed E-state index contributed by atoms with van der Waals surface area (Å²) in [5.41, 5.74) is 1.55. The number of carbonyl (C=O) groups excluding carboxylic acids is 1. The van der Waals surface area contributed by atoms with Crippen LogP contribution >= 0.6 is 0 Å². The average Bonchev–Trinajstić information content (AvgIpc) is 3.25. The molecule has 0 radical (unpaired) electrons. The summed E-state index contributed by atoms with van der Waals surface area (Å²) in [5.74, 6) is 1.26. The Kier molecular flexibility index (Phi) is 7.90. The number of rotatable bonds is 10. The van der Waals surface area contributed by atoms with Crippen LogP contribution in [0.2, 0.25) is 0 Å². The Balaban J connectivity index is 1.50. The number of carbonyl (C=O) groups is 1. The molecule has 0 aliphatic carbocycles. The largest absolute Gasteiger partial charge is 0.492 e. The summed E-state index contributed by atoms with van der Waals surface area (Å²) in [6.07, 6.45) is 2.18. The van der Waals surface area contributed by atoms with Gasteiger partial charge in [0.1, 0.15) is 24.7 Å². The minimum absolute atomic E-state index is 0.115. The molecule has 1 heterocycles. The van der Waals surface area contributed by atoms with Crippen LogP contribution in [0.15, 0.2) is 48.5 Å². The van der Waals surface area contributed by atoms with Crippen LogP contribution in [0.4, 0.5) is 0 Å². The van der Waals surface area contributed by atoms with Crippen molar-refractivity contribution in [3.05, 3.63) is 59.7 Å². The first kappa shape index (κ1) is 21.1. The van der Waals surface area contributed by atoms with Crippen LogP contribution in [-0.4, -0.2) is 57.4 Å². The third kappa shape index (κ3) is 6.76. The fourth-order valence-electron chi connectivity index (χ4n) is 3.07. The minimum atomic E-state index is -0.153. The summed E-state index contributed by atoms with van der Waals surface area (Å²) in [5, 5.41) is 2.96. The van der Waals surface area contributed by atoms with Crippen LogP contribution in [0.1, 0.15) is 28.8 Å². The molecule has 1 amide bonds. The number of nitrogens with one attached hydrogen (secondary N) is 1. The molecule has 1 unspecified atom stereocenters. The summed E-state index contributed by atoms with van der Waals surface area (Å²) in [6.45, 7) is 3.21. The normalized spacial score (nSPS) is 16.0. The van der Waals surface area contributed by atoms with Gasteiger partial charge < -0.3 is 24.4 Å². The summed E-state index contributed by atoms with van der Waals surface area (Å²) < 4.78 is 17.1. The van der Waals surface area contributed by atoms with Crippen LogP contribution in [0.3, 0.4) is 0 Å². The van der Waals surface area contributed by atoms with Crippen molar-refractivity contribution in [1.82, 2.24) is 10.2 Å². The quantitative estimate of drug-likeness (QED) is 0.666. The first-order valence-corrected chi connectivity index (χ1v) is 10.1. The molecule has 1 N–H and O–H groups in total. The number of para-hydroxylation sites is 1. The van der Waals surface area contributed by atoms with E-state index in [9.17, 15) is 4.79 Å². The fourth-order valence-corrected chi connectivity index (χ4v) is 3.07. The van der Waals surface area contributed by atoms with Crippen molar-refractivity contribution in [2.45, 2.75) is 25.5 Å². The predicted octanol–water partition coefficient (Wildman–Crippen LogP) is 3.11. The molecule has 1 fully saturated rings. The molecule has 2 aromatic carbocycles. The lowest BCUT2D eigenvalue weighted by Gasteiger charge is -2.15. The second-order valence-electron chi connectivity index (χ2n) is 7.42. The van der Waals surface area contributed by atoms with Crippen LogP contribution in [0, 0.1) is 0 Å². The Morgan fingerprint density at radius 2 is 1.93 bits per heavy atom. The summed E-state index contributed by atoms with van der Waals surface area (Å²) in [4.78, 5) is 14.7. The van der Waals surface area contributed by atoms with E-state index in [1.807, 2.05) is 56.6 Å². The standard InChI is InChI=1S/C23H30N2O4/c1-25(2)13-15-28-19-11-9-18(10-12-19)16-24-23(26)21-7-3-4-8-22(21)29-17-20-6-5-14-27-20/h3-4,7-12,20H,5-6,13-17H2,1-2H3,(H,24,26). The predicted molar refractivity (Wildman–Crippen MR) is 113 cm³/mol. The van der Waals surface area contributed by atoms with Gasteiger partial charge in [0.05, 0.1) is 11.7 Å². The molecule has 0 bridgehead atoms. The molecule has 1 atom stereocenters. The number of hydrogen-bond donors (Lipinski definition) is 1. The van der Waals surface area contributed by atoms with Gasteiger partial charge in [0.25, 0.3) is 5.91 Å². The Hall–Kier alpha value is -2.57. The SMILES string of the molecule is CN(C)CCOc1ccc(CNC(=O)c2ccccc2OCC2CCCO2)cc1. The van der Waals surface area contributed by atoms with E-state index in [-0.39, 0.29) is 12.0 Å². The molecule has 29 heavy (non-hydrogen) atoms. The Morgan fingerprint density at radius 3 is 2.66 bits per heavy atom. The van der Waals surface area contributed by atoms with Gasteiger partial charge in [-0.25, -0.2) is 0 Å². The number of ether oxygens (including phenoxy) is 3. The zero-order chi connectivity index (χ0) is 20.5. The van der Waals surface area contributed by atoms with E-state index in [4.69, 9.17) is 14.2 Å². The zero-order valence-corrected chi connectivity index (χ0v) is 17.2. The van der Waals surface area contributed by atoms with Gasteiger partial charge in [0, 0.05) is 19.7 Å². The third-order valence-electron chi connectivity index (χ3n) is 4.76. The van der Waals surface area contributed by atoms with Crippen LogP contribution in [0.5, 0.6) is 11.5 Å². The van der Waals surface area contributed by atoms with Crippen molar-refractivity contribution in [2.24, 2.45) is 0 Å². The van der Waals surface area contributed by atoms with E-state index in [0.717, 1.165) is 37.3 Å². The smallest absolute Gasteiger partial charge is 0.255 e. The molecule has 0 spiro atoms. The highest BCUT2D eigenvalue weighted by Gasteiger charge is 2.18. The Bertz CT molecular complexity index is 771. The first-order valence-electron chi connectivity index (χ1n) is 10.1. The summed E-state index contributed by atoms with van der Waals surface area (Å²) in [7, 11) is 4.03. The van der Waals surface area contributed by atoms with Crippen LogP contribution < -0.4 is 14.8 Å². The molecular weight excluding hydrogens is 368 g/mol. The lowest BCUT2D eigenvalue weighted by Crippen LogP contribution is -2.24. The summed E-state index contributed by atoms with van der Waals surface area (Å²) >= 11 is 0. The highest BCUT2D eigenvalue weighted by molar-refractivity contribution is 5.96. The molecule has 3 rings (SSSR count). The van der Waals surface area contributed by atoms with Crippen molar-refractivity contribution < 1.29 is 19.0 Å². The zero-order valence-electron chi connectivity index (χ0n) is 17.2. The second kappa shape index (κ2) is 10.8. The van der Waals surface area contributed by atoms with Gasteiger partial charge in [-0.2, -0.15) is 0 Å². The van der Waals surface area contributed by atoms with Crippen molar-refractivity contribution in [3.8, 4) is 11.5 Å². The third-order valence-corrected chi connectivity index (χ3v) is 4.76.